The Morgan fingerprint density at radius 3 is 0.745 bits per heavy atom. The molecule has 0 atom stereocenters. The molecule has 0 N–H and O–H groups in total. The lowest BCUT2D eigenvalue weighted by molar-refractivity contribution is 0.423. The molecule has 0 aliphatic heterocycles. The molecule has 8 aromatic carbocycles. The molecule has 0 unspecified atom stereocenters. The van der Waals surface area contributed by atoms with Gasteiger partial charge in [0.05, 0.1) is 0 Å². The van der Waals surface area contributed by atoms with Crippen molar-refractivity contribution in [2.45, 2.75) is 26.3 Å². The number of benzene rings is 8. The van der Waals surface area contributed by atoms with E-state index in [-0.39, 0.29) is 5.54 Å². The highest BCUT2D eigenvalue weighted by Gasteiger charge is 2.43. The molecule has 9 rings (SSSR count). The molecule has 3 heteroatoms. The van der Waals surface area contributed by atoms with Crippen molar-refractivity contribution in [1.82, 2.24) is 4.57 Å². The molecule has 0 amide bonds. The van der Waals surface area contributed by atoms with Gasteiger partial charge in [0, 0.05) is 27.3 Å². The number of nitrogens with zero attached hydrogens (tertiary/aromatic N) is 1. The average molecular weight is 740 g/mol. The van der Waals surface area contributed by atoms with E-state index in [9.17, 15) is 0 Å². The molecule has 0 aliphatic rings. The number of hydrogen-bond acceptors (Lipinski definition) is 0. The zero-order valence-electron chi connectivity index (χ0n) is 31.7. The fourth-order valence-corrected chi connectivity index (χ4v) is 18.9. The summed E-state index contributed by atoms with van der Waals surface area (Å²) in [5.74, 6) is 0. The quantitative estimate of drug-likeness (QED) is 0.114. The van der Waals surface area contributed by atoms with Crippen molar-refractivity contribution in [3.8, 4) is 0 Å². The first-order valence-corrected chi connectivity index (χ1v) is 23.4. The number of hydrogen-bond donors (Lipinski definition) is 0. The molecule has 0 saturated carbocycles. The van der Waals surface area contributed by atoms with Crippen LogP contribution in [0.15, 0.2) is 218 Å². The van der Waals surface area contributed by atoms with Gasteiger partial charge in [-0.15, -0.1) is 0 Å². The lowest BCUT2D eigenvalue weighted by Crippen LogP contribution is -2.74. The molecular formula is C52H45NSi2. The molecule has 1 heterocycles. The van der Waals surface area contributed by atoms with E-state index < -0.39 is 16.1 Å². The van der Waals surface area contributed by atoms with E-state index >= 15 is 0 Å². The average Bonchev–Trinajstić information content (AvgIpc) is 3.58. The third-order valence-electron chi connectivity index (χ3n) is 11.5. The lowest BCUT2D eigenvalue weighted by atomic mass is 10.1. The van der Waals surface area contributed by atoms with Gasteiger partial charge in [-0.1, -0.05) is 206 Å². The summed E-state index contributed by atoms with van der Waals surface area (Å²) in [6.45, 7) is 7.00. The number of fused-ring (bicyclic) bond motifs is 3. The van der Waals surface area contributed by atoms with E-state index in [2.05, 4.69) is 244 Å². The normalized spacial score (nSPS) is 12.3. The largest absolute Gasteiger partial charge is 0.335 e. The summed E-state index contributed by atoms with van der Waals surface area (Å²) >= 11 is 0. The standard InChI is InChI=1S/C52H45NSi2/c1-52(2,3)53-50-36-34-46(54(40-22-10-4-11-23-40,41-24-12-5-13-25-41)42-26-14-6-15-27-42)38-48(50)49-39-47(35-37-51(49)53)55(43-28-16-7-17-29-43,44-30-18-8-19-31-44)45-32-20-9-21-33-45/h4-39H,1-3H3. The van der Waals surface area contributed by atoms with Crippen molar-refractivity contribution in [1.29, 1.82) is 0 Å². The minimum absolute atomic E-state index is 0.136. The first-order chi connectivity index (χ1) is 26.9. The molecule has 0 bridgehead atoms. The molecule has 0 saturated heterocycles. The molecule has 0 spiro atoms. The molecule has 0 fully saturated rings. The summed E-state index contributed by atoms with van der Waals surface area (Å²) in [7, 11) is -5.50. The Morgan fingerprint density at radius 2 is 0.527 bits per heavy atom. The van der Waals surface area contributed by atoms with Gasteiger partial charge in [-0.05, 0) is 74.4 Å². The summed E-state index contributed by atoms with van der Waals surface area (Å²) in [5, 5.41) is 13.7. The van der Waals surface area contributed by atoms with Crippen molar-refractivity contribution in [2.24, 2.45) is 0 Å². The second-order valence-electron chi connectivity index (χ2n) is 15.7. The summed E-state index contributed by atoms with van der Waals surface area (Å²) in [5.41, 5.74) is 2.40. The Balaban J connectivity index is 1.41. The Morgan fingerprint density at radius 1 is 0.291 bits per heavy atom. The van der Waals surface area contributed by atoms with E-state index in [1.165, 1.54) is 63.3 Å². The second-order valence-corrected chi connectivity index (χ2v) is 23.3. The maximum atomic E-state index is 2.57. The predicted molar refractivity (Wildman–Crippen MR) is 242 cm³/mol. The topological polar surface area (TPSA) is 4.93 Å². The van der Waals surface area contributed by atoms with Crippen molar-refractivity contribution < 1.29 is 0 Å². The van der Waals surface area contributed by atoms with Gasteiger partial charge in [0.25, 0.3) is 0 Å². The van der Waals surface area contributed by atoms with Gasteiger partial charge in [-0.2, -0.15) is 0 Å². The van der Waals surface area contributed by atoms with Crippen LogP contribution in [-0.4, -0.2) is 20.7 Å². The second kappa shape index (κ2) is 14.0. The predicted octanol–water partition coefficient (Wildman–Crippen LogP) is 7.30. The molecular weight excluding hydrogens is 695 g/mol. The minimum atomic E-state index is -2.75. The number of aromatic nitrogens is 1. The van der Waals surface area contributed by atoms with Crippen LogP contribution in [0, 0.1) is 0 Å². The Labute approximate surface area is 327 Å². The van der Waals surface area contributed by atoms with Crippen LogP contribution >= 0.6 is 0 Å². The van der Waals surface area contributed by atoms with E-state index in [1.807, 2.05) is 0 Å². The van der Waals surface area contributed by atoms with Gasteiger partial charge in [-0.25, -0.2) is 0 Å². The van der Waals surface area contributed by atoms with Gasteiger partial charge in [0.15, 0.2) is 16.1 Å². The molecule has 1 nitrogen and oxygen atoms in total. The minimum Gasteiger partial charge on any atom is -0.335 e. The smallest absolute Gasteiger partial charge is 0.179 e. The fraction of sp³-hybridized carbons (Fsp3) is 0.0769. The molecule has 55 heavy (non-hydrogen) atoms. The monoisotopic (exact) mass is 739 g/mol. The Kier molecular flexibility index (Phi) is 8.85. The summed E-state index contributed by atoms with van der Waals surface area (Å²) in [4.78, 5) is 0. The van der Waals surface area contributed by atoms with Crippen LogP contribution in [0.1, 0.15) is 20.8 Å². The zero-order valence-corrected chi connectivity index (χ0v) is 33.7. The maximum Gasteiger partial charge on any atom is 0.179 e. The first-order valence-electron chi connectivity index (χ1n) is 19.4. The summed E-state index contributed by atoms with van der Waals surface area (Å²) in [6, 6.07) is 82.5. The third kappa shape index (κ3) is 5.65. The highest BCUT2D eigenvalue weighted by Crippen LogP contribution is 2.34. The molecule has 1 aromatic heterocycles. The van der Waals surface area contributed by atoms with Crippen LogP contribution < -0.4 is 41.5 Å². The van der Waals surface area contributed by atoms with Crippen molar-refractivity contribution in [3.63, 3.8) is 0 Å². The van der Waals surface area contributed by atoms with Gasteiger partial charge in [-0.3, -0.25) is 0 Å². The van der Waals surface area contributed by atoms with E-state index in [1.54, 1.807) is 0 Å². The van der Waals surface area contributed by atoms with Crippen LogP contribution in [0.4, 0.5) is 0 Å². The summed E-state index contributed by atoms with van der Waals surface area (Å²) in [6.07, 6.45) is 0. The van der Waals surface area contributed by atoms with Crippen LogP contribution in [0.25, 0.3) is 21.8 Å². The van der Waals surface area contributed by atoms with Gasteiger partial charge < -0.3 is 4.57 Å². The van der Waals surface area contributed by atoms with E-state index in [0.717, 1.165) is 0 Å². The molecule has 266 valence electrons. The molecule has 0 radical (unpaired) electrons. The lowest BCUT2D eigenvalue weighted by Gasteiger charge is -2.34. The van der Waals surface area contributed by atoms with Crippen LogP contribution in [0.2, 0.25) is 0 Å². The van der Waals surface area contributed by atoms with Crippen molar-refractivity contribution in [3.05, 3.63) is 218 Å². The zero-order chi connectivity index (χ0) is 37.5. The Bertz CT molecular complexity index is 2320. The number of rotatable bonds is 8. The summed E-state index contributed by atoms with van der Waals surface area (Å²) < 4.78 is 2.57. The van der Waals surface area contributed by atoms with E-state index in [4.69, 9.17) is 0 Å². The SMILES string of the molecule is CC(C)(C)n1c2ccc([Si](c3ccccc3)(c3ccccc3)c3ccccc3)cc2c2cc([Si](c3ccccc3)(c3ccccc3)c3ccccc3)ccc21. The van der Waals surface area contributed by atoms with Gasteiger partial charge >= 0.3 is 0 Å². The van der Waals surface area contributed by atoms with Crippen LogP contribution in [0.3, 0.4) is 0 Å². The van der Waals surface area contributed by atoms with Crippen LogP contribution in [0.5, 0.6) is 0 Å². The Hall–Kier alpha value is -6.01. The third-order valence-corrected chi connectivity index (χ3v) is 21.1. The van der Waals surface area contributed by atoms with Gasteiger partial charge in [0.2, 0.25) is 0 Å². The molecule has 0 aliphatic carbocycles. The van der Waals surface area contributed by atoms with Gasteiger partial charge in [0.1, 0.15) is 0 Å². The highest BCUT2D eigenvalue weighted by molar-refractivity contribution is 7.20. The van der Waals surface area contributed by atoms with Crippen molar-refractivity contribution in [2.75, 3.05) is 0 Å². The highest BCUT2D eigenvalue weighted by atomic mass is 28.3. The van der Waals surface area contributed by atoms with Crippen molar-refractivity contribution >= 4 is 79.4 Å². The van der Waals surface area contributed by atoms with E-state index in [0.29, 0.717) is 0 Å². The first kappa shape index (κ1) is 34.7. The van der Waals surface area contributed by atoms with Crippen LogP contribution in [-0.2, 0) is 5.54 Å². The molecule has 9 aromatic rings. The fourth-order valence-electron chi connectivity index (χ4n) is 9.34. The maximum absolute atomic E-state index is 2.75.